The highest BCUT2D eigenvalue weighted by Crippen LogP contribution is 2.23. The summed E-state index contributed by atoms with van der Waals surface area (Å²) in [6, 6.07) is 0. The minimum absolute atomic E-state index is 0.159. The Bertz CT molecular complexity index is 263. The van der Waals surface area contributed by atoms with Crippen molar-refractivity contribution in [3.63, 3.8) is 0 Å². The molecule has 1 heterocycles. The normalized spacial score (nSPS) is 18.6. The van der Waals surface area contributed by atoms with Crippen LogP contribution in [0.1, 0.15) is 19.8 Å². The molecule has 6 heteroatoms. The fraction of sp³-hybridized carbons (Fsp3) is 0.818. The van der Waals surface area contributed by atoms with Crippen LogP contribution >= 0.6 is 11.8 Å². The van der Waals surface area contributed by atoms with E-state index >= 15 is 0 Å². The maximum Gasteiger partial charge on any atom is 0.347 e. The van der Waals surface area contributed by atoms with Gasteiger partial charge in [0.05, 0.1) is 13.2 Å². The topological polar surface area (TPSA) is 72.8 Å². The van der Waals surface area contributed by atoms with E-state index in [4.69, 9.17) is 9.84 Å². The zero-order chi connectivity index (χ0) is 12.7. The highest BCUT2D eigenvalue weighted by Gasteiger charge is 2.29. The second kappa shape index (κ2) is 7.55. The van der Waals surface area contributed by atoms with Crippen LogP contribution in [-0.2, 0) is 19.1 Å². The average molecular weight is 262 g/mol. The van der Waals surface area contributed by atoms with Crippen LogP contribution < -0.4 is 0 Å². The summed E-state index contributed by atoms with van der Waals surface area (Å²) in [6.45, 7) is 2.11. The van der Waals surface area contributed by atoms with Crippen LogP contribution in [0.2, 0.25) is 0 Å². The van der Waals surface area contributed by atoms with Gasteiger partial charge in [0.25, 0.3) is 6.10 Å². The number of aliphatic carboxylic acids is 1. The Balaban J connectivity index is 2.38. The molecule has 1 aliphatic rings. The van der Waals surface area contributed by atoms with Crippen molar-refractivity contribution in [2.75, 3.05) is 24.7 Å². The van der Waals surface area contributed by atoms with E-state index in [1.165, 1.54) is 0 Å². The zero-order valence-corrected chi connectivity index (χ0v) is 10.7. The van der Waals surface area contributed by atoms with Gasteiger partial charge in [-0.1, -0.05) is 0 Å². The van der Waals surface area contributed by atoms with Crippen molar-refractivity contribution in [3.05, 3.63) is 0 Å². The van der Waals surface area contributed by atoms with Crippen LogP contribution in [0, 0.1) is 5.92 Å². The average Bonchev–Trinajstić information content (AvgIpc) is 2.30. The number of thioether (sulfide) groups is 1. The summed E-state index contributed by atoms with van der Waals surface area (Å²) in [6.07, 6.45) is 0.546. The molecule has 1 fully saturated rings. The molecule has 1 unspecified atom stereocenters. The maximum absolute atomic E-state index is 11.3. The molecule has 1 N–H and O–H groups in total. The first kappa shape index (κ1) is 14.3. The summed E-state index contributed by atoms with van der Waals surface area (Å²) < 4.78 is 9.83. The summed E-state index contributed by atoms with van der Waals surface area (Å²) in [5.74, 6) is 0.405. The van der Waals surface area contributed by atoms with E-state index in [2.05, 4.69) is 4.74 Å². The van der Waals surface area contributed by atoms with Crippen molar-refractivity contribution in [1.82, 2.24) is 0 Å². The third-order valence-electron chi connectivity index (χ3n) is 2.56. The fourth-order valence-electron chi connectivity index (χ4n) is 1.60. The van der Waals surface area contributed by atoms with Gasteiger partial charge in [0.1, 0.15) is 0 Å². The first-order chi connectivity index (χ1) is 8.15. The molecular weight excluding hydrogens is 244 g/mol. The van der Waals surface area contributed by atoms with Gasteiger partial charge >= 0.3 is 11.9 Å². The molecule has 17 heavy (non-hydrogen) atoms. The number of rotatable bonds is 6. The lowest BCUT2D eigenvalue weighted by molar-refractivity contribution is -0.170. The van der Waals surface area contributed by atoms with Gasteiger partial charge < -0.3 is 14.6 Å². The molecule has 1 atom stereocenters. The molecule has 0 aromatic rings. The number of esters is 1. The molecule has 1 aliphatic heterocycles. The molecule has 98 valence electrons. The third kappa shape index (κ3) is 4.95. The van der Waals surface area contributed by atoms with E-state index in [-0.39, 0.29) is 6.61 Å². The van der Waals surface area contributed by atoms with Crippen LogP contribution in [0.3, 0.4) is 0 Å². The molecule has 0 saturated carbocycles. The van der Waals surface area contributed by atoms with Gasteiger partial charge in [-0.2, -0.15) is 11.8 Å². The van der Waals surface area contributed by atoms with Crippen molar-refractivity contribution in [2.24, 2.45) is 5.92 Å². The van der Waals surface area contributed by atoms with Gasteiger partial charge in [-0.25, -0.2) is 9.59 Å². The van der Waals surface area contributed by atoms with E-state index in [1.807, 2.05) is 11.8 Å². The molecule has 0 aromatic heterocycles. The number of carboxylic acid groups (broad SMARTS) is 1. The van der Waals surface area contributed by atoms with E-state index in [0.29, 0.717) is 12.5 Å². The minimum atomic E-state index is -1.48. The standard InChI is InChI=1S/C11H18O5S/c1-2-15-11(14)9(10(12)13)16-7-8-3-5-17-6-4-8/h8-9H,2-7H2,1H3,(H,12,13). The Hall–Kier alpha value is -0.750. The number of carbonyl (C=O) groups is 2. The van der Waals surface area contributed by atoms with Gasteiger partial charge in [0.2, 0.25) is 0 Å². The lowest BCUT2D eigenvalue weighted by atomic mass is 10.0. The molecule has 5 nitrogen and oxygen atoms in total. The Morgan fingerprint density at radius 3 is 2.59 bits per heavy atom. The van der Waals surface area contributed by atoms with Crippen molar-refractivity contribution >= 4 is 23.7 Å². The second-order valence-electron chi connectivity index (χ2n) is 3.86. The SMILES string of the molecule is CCOC(=O)C(OCC1CCSCC1)C(=O)O. The first-order valence-corrected chi connectivity index (χ1v) is 6.89. The molecule has 0 bridgehead atoms. The molecule has 0 radical (unpaired) electrons. The molecule has 1 rings (SSSR count). The molecule has 0 spiro atoms. The van der Waals surface area contributed by atoms with Gasteiger partial charge in [0.15, 0.2) is 0 Å². The van der Waals surface area contributed by atoms with E-state index < -0.39 is 18.0 Å². The Kier molecular flexibility index (Phi) is 6.36. The Morgan fingerprint density at radius 1 is 1.41 bits per heavy atom. The van der Waals surface area contributed by atoms with Crippen molar-refractivity contribution in [3.8, 4) is 0 Å². The number of hydrogen-bond donors (Lipinski definition) is 1. The smallest absolute Gasteiger partial charge is 0.347 e. The molecular formula is C11H18O5S. The van der Waals surface area contributed by atoms with Gasteiger partial charge in [-0.3, -0.25) is 0 Å². The van der Waals surface area contributed by atoms with Crippen LogP contribution in [0.25, 0.3) is 0 Å². The number of carbonyl (C=O) groups excluding carboxylic acids is 1. The van der Waals surface area contributed by atoms with Gasteiger partial charge in [0, 0.05) is 0 Å². The van der Waals surface area contributed by atoms with E-state index in [1.54, 1.807) is 6.92 Å². The first-order valence-electron chi connectivity index (χ1n) is 5.74. The lowest BCUT2D eigenvalue weighted by Gasteiger charge is -2.22. The van der Waals surface area contributed by atoms with Gasteiger partial charge in [-0.15, -0.1) is 0 Å². The summed E-state index contributed by atoms with van der Waals surface area (Å²) in [4.78, 5) is 22.2. The highest BCUT2D eigenvalue weighted by molar-refractivity contribution is 7.99. The minimum Gasteiger partial charge on any atom is -0.479 e. The molecule has 0 aromatic carbocycles. The van der Waals surface area contributed by atoms with Crippen LogP contribution in [0.5, 0.6) is 0 Å². The monoisotopic (exact) mass is 262 g/mol. The lowest BCUT2D eigenvalue weighted by Crippen LogP contribution is -2.36. The molecule has 0 amide bonds. The summed E-state index contributed by atoms with van der Waals surface area (Å²) >= 11 is 1.89. The summed E-state index contributed by atoms with van der Waals surface area (Å²) in [5, 5.41) is 8.87. The molecule has 0 aliphatic carbocycles. The van der Waals surface area contributed by atoms with Crippen molar-refractivity contribution in [1.29, 1.82) is 0 Å². The van der Waals surface area contributed by atoms with Crippen molar-refractivity contribution < 1.29 is 24.2 Å². The van der Waals surface area contributed by atoms with E-state index in [9.17, 15) is 9.59 Å². The van der Waals surface area contributed by atoms with E-state index in [0.717, 1.165) is 24.3 Å². The zero-order valence-electron chi connectivity index (χ0n) is 9.89. The summed E-state index contributed by atoms with van der Waals surface area (Å²) in [5.41, 5.74) is 0. The molecule has 1 saturated heterocycles. The van der Waals surface area contributed by atoms with Crippen molar-refractivity contribution in [2.45, 2.75) is 25.9 Å². The predicted molar refractivity (Wildman–Crippen MR) is 64.1 cm³/mol. The number of carboxylic acids is 1. The quantitative estimate of drug-likeness (QED) is 0.572. The fourth-order valence-corrected chi connectivity index (χ4v) is 2.81. The third-order valence-corrected chi connectivity index (χ3v) is 3.61. The van der Waals surface area contributed by atoms with Gasteiger partial charge in [-0.05, 0) is 37.2 Å². The summed E-state index contributed by atoms with van der Waals surface area (Å²) in [7, 11) is 0. The highest BCUT2D eigenvalue weighted by atomic mass is 32.2. The predicted octanol–water partition coefficient (Wildman–Crippen LogP) is 1.16. The largest absolute Gasteiger partial charge is 0.479 e. The number of ether oxygens (including phenoxy) is 2. The number of hydrogen-bond acceptors (Lipinski definition) is 5. The Morgan fingerprint density at radius 2 is 2.06 bits per heavy atom. The Labute approximate surface area is 105 Å². The van der Waals surface area contributed by atoms with Crippen LogP contribution in [0.4, 0.5) is 0 Å². The second-order valence-corrected chi connectivity index (χ2v) is 5.08. The maximum atomic E-state index is 11.3. The van der Waals surface area contributed by atoms with Crippen LogP contribution in [0.15, 0.2) is 0 Å². The van der Waals surface area contributed by atoms with Crippen LogP contribution in [-0.4, -0.2) is 47.9 Å².